The number of fused-ring (bicyclic) bond motifs is 1. The van der Waals surface area contributed by atoms with Crippen LogP contribution in [0, 0.1) is 6.92 Å². The number of carboxylic acid groups (broad SMARTS) is 1. The summed E-state index contributed by atoms with van der Waals surface area (Å²) in [5, 5.41) is 14.1. The van der Waals surface area contributed by atoms with Gasteiger partial charge < -0.3 is 14.6 Å². The molecule has 6 heteroatoms. The number of aromatic nitrogens is 1. The van der Waals surface area contributed by atoms with Crippen LogP contribution in [0.3, 0.4) is 0 Å². The predicted molar refractivity (Wildman–Crippen MR) is 128 cm³/mol. The fourth-order valence-corrected chi connectivity index (χ4v) is 5.15. The molecule has 1 aromatic heterocycles. The molecule has 0 radical (unpaired) electrons. The van der Waals surface area contributed by atoms with Gasteiger partial charge in [-0.3, -0.25) is 4.98 Å². The summed E-state index contributed by atoms with van der Waals surface area (Å²) in [7, 11) is 0. The zero-order valence-electron chi connectivity index (χ0n) is 19.7. The van der Waals surface area contributed by atoms with Crippen molar-refractivity contribution in [1.82, 2.24) is 4.98 Å². The van der Waals surface area contributed by atoms with Gasteiger partial charge in [-0.25, -0.2) is 9.18 Å². The van der Waals surface area contributed by atoms with E-state index >= 15 is 0 Å². The largest absolute Gasteiger partial charge is 0.497 e. The summed E-state index contributed by atoms with van der Waals surface area (Å²) in [5.41, 5.74) is 3.11. The molecule has 1 unspecified atom stereocenters. The molecule has 3 aromatic rings. The summed E-state index contributed by atoms with van der Waals surface area (Å²) >= 11 is 0. The highest BCUT2D eigenvalue weighted by Crippen LogP contribution is 2.39. The van der Waals surface area contributed by atoms with Crippen molar-refractivity contribution in [3.63, 3.8) is 0 Å². The maximum Gasteiger partial charge on any atom is 0.337 e. The van der Waals surface area contributed by atoms with Crippen LogP contribution in [0.1, 0.15) is 55.0 Å². The Morgan fingerprint density at radius 2 is 2.03 bits per heavy atom. The van der Waals surface area contributed by atoms with Crippen LogP contribution >= 0.6 is 0 Å². The molecule has 1 aliphatic heterocycles. The molecule has 2 aliphatic rings. The molecule has 0 bridgehead atoms. The maximum absolute atomic E-state index is 13.7. The van der Waals surface area contributed by atoms with Crippen LogP contribution in [0.2, 0.25) is 0 Å². The van der Waals surface area contributed by atoms with Crippen molar-refractivity contribution in [2.24, 2.45) is 0 Å². The Morgan fingerprint density at radius 3 is 2.79 bits per heavy atom. The average molecular weight is 462 g/mol. The molecule has 2 heterocycles. The Morgan fingerprint density at radius 1 is 1.24 bits per heavy atom. The lowest BCUT2D eigenvalue weighted by molar-refractivity contribution is -0.163. The van der Waals surface area contributed by atoms with Crippen LogP contribution in [0.25, 0.3) is 22.1 Å². The minimum absolute atomic E-state index is 0.558. The van der Waals surface area contributed by atoms with Gasteiger partial charge in [-0.1, -0.05) is 30.3 Å². The van der Waals surface area contributed by atoms with Gasteiger partial charge in [0.25, 0.3) is 0 Å². The third-order valence-electron chi connectivity index (χ3n) is 6.69. The predicted octanol–water partition coefficient (Wildman–Crippen LogP) is 4.11. The van der Waals surface area contributed by atoms with Gasteiger partial charge >= 0.3 is 5.97 Å². The van der Waals surface area contributed by atoms with Crippen LogP contribution < -0.4 is 10.6 Å². The number of hydrogen-bond acceptors (Lipinski definition) is 4. The van der Waals surface area contributed by atoms with Crippen LogP contribution in [0.4, 0.5) is 4.39 Å². The number of hydrogen-bond donors (Lipinski definition) is 1. The van der Waals surface area contributed by atoms with E-state index in [1.54, 1.807) is 13.8 Å². The highest BCUT2D eigenvalue weighted by Gasteiger charge is 2.34. The number of aryl methyl sites for hydroxylation is 1. The number of rotatable bonds is 6. The highest BCUT2D eigenvalue weighted by molar-refractivity contribution is 5.98. The number of nitrogens with zero attached hydrogens (tertiary/aromatic N) is 1. The van der Waals surface area contributed by atoms with Gasteiger partial charge in [0, 0.05) is 29.8 Å². The summed E-state index contributed by atoms with van der Waals surface area (Å²) in [6, 6.07) is 12.0. The molecule has 1 aliphatic carbocycles. The summed E-state index contributed by atoms with van der Waals surface area (Å²) < 4.78 is 25.6. The lowest BCUT2D eigenvalue weighted by atomic mass is 9.83. The first-order valence-electron chi connectivity index (χ1n) is 11.6. The van der Waals surface area contributed by atoms with Crippen LogP contribution in [0.15, 0.2) is 42.6 Å². The number of alkyl halides is 1. The number of carbonyl (C=O) groups is 1. The van der Waals surface area contributed by atoms with Gasteiger partial charge in [0.15, 0.2) is 6.10 Å². The first-order chi connectivity index (χ1) is 16.3. The zero-order valence-corrected chi connectivity index (χ0v) is 19.7. The van der Waals surface area contributed by atoms with Gasteiger partial charge in [-0.15, -0.1) is 0 Å². The molecule has 5 nitrogen and oxygen atoms in total. The van der Waals surface area contributed by atoms with E-state index in [0.29, 0.717) is 18.6 Å². The van der Waals surface area contributed by atoms with E-state index < -0.39 is 24.3 Å². The Hall–Kier alpha value is -3.25. The third kappa shape index (κ3) is 3.76. The molecule has 34 heavy (non-hydrogen) atoms. The molecule has 0 fully saturated rings. The van der Waals surface area contributed by atoms with E-state index in [-0.39, 0.29) is 0 Å². The Kier molecular flexibility index (Phi) is 5.64. The van der Waals surface area contributed by atoms with Crippen LogP contribution in [-0.4, -0.2) is 34.9 Å². The van der Waals surface area contributed by atoms with E-state index in [1.807, 2.05) is 49.5 Å². The van der Waals surface area contributed by atoms with E-state index in [4.69, 9.17) is 14.5 Å². The second kappa shape index (κ2) is 8.51. The van der Waals surface area contributed by atoms with Crippen LogP contribution in [0.5, 0.6) is 0 Å². The number of ether oxygens (including phenoxy) is 2. The molecule has 0 saturated heterocycles. The van der Waals surface area contributed by atoms with Gasteiger partial charge in [0.1, 0.15) is 12.4 Å². The van der Waals surface area contributed by atoms with Crippen molar-refractivity contribution in [1.29, 1.82) is 0 Å². The Labute approximate surface area is 197 Å². The fraction of sp³-hybridized carbons (Fsp3) is 0.357. The molecule has 0 amide bonds. The monoisotopic (exact) mass is 461 g/mol. The van der Waals surface area contributed by atoms with Gasteiger partial charge in [0.05, 0.1) is 17.6 Å². The minimum Gasteiger partial charge on any atom is -0.497 e. The lowest BCUT2D eigenvalue weighted by Crippen LogP contribution is -2.41. The average Bonchev–Trinajstić information content (AvgIpc) is 2.83. The summed E-state index contributed by atoms with van der Waals surface area (Å²) in [6.07, 6.45) is 2.69. The van der Waals surface area contributed by atoms with Crippen molar-refractivity contribution in [3.8, 4) is 0 Å². The number of benzene rings is 2. The molecule has 0 spiro atoms. The fourth-order valence-electron chi connectivity index (χ4n) is 5.15. The molecule has 1 atom stereocenters. The van der Waals surface area contributed by atoms with E-state index in [0.717, 1.165) is 56.6 Å². The quantitative estimate of drug-likeness (QED) is 0.599. The topological polar surface area (TPSA) is 68.7 Å². The summed E-state index contributed by atoms with van der Waals surface area (Å²) in [4.78, 5) is 17.3. The van der Waals surface area contributed by atoms with Crippen molar-refractivity contribution in [2.45, 2.75) is 51.7 Å². The summed E-state index contributed by atoms with van der Waals surface area (Å²) in [6.45, 7) is 4.90. The minimum atomic E-state index is -1.32. The number of pyridine rings is 1. The number of carboxylic acids is 1. The van der Waals surface area contributed by atoms with E-state index in [9.17, 15) is 14.3 Å². The third-order valence-corrected chi connectivity index (χ3v) is 6.69. The molecule has 176 valence electrons. The lowest BCUT2D eigenvalue weighted by Gasteiger charge is -2.30. The van der Waals surface area contributed by atoms with Crippen LogP contribution in [-0.2, 0) is 20.7 Å². The van der Waals surface area contributed by atoms with Crippen molar-refractivity contribution in [3.05, 3.63) is 75.4 Å². The van der Waals surface area contributed by atoms with Crippen molar-refractivity contribution in [2.75, 3.05) is 13.3 Å². The molecule has 5 rings (SSSR count). The normalized spacial score (nSPS) is 16.2. The zero-order chi connectivity index (χ0) is 24.0. The van der Waals surface area contributed by atoms with Crippen molar-refractivity contribution < 1.29 is 23.8 Å². The van der Waals surface area contributed by atoms with Crippen molar-refractivity contribution >= 4 is 28.1 Å². The maximum atomic E-state index is 13.7. The van der Waals surface area contributed by atoms with Gasteiger partial charge in [0.2, 0.25) is 0 Å². The first-order valence-corrected chi connectivity index (χ1v) is 11.6. The van der Waals surface area contributed by atoms with Gasteiger partial charge in [-0.05, 0) is 66.3 Å². The smallest absolute Gasteiger partial charge is 0.337 e. The second-order valence-corrected chi connectivity index (χ2v) is 9.63. The second-order valence-electron chi connectivity index (χ2n) is 9.63. The summed E-state index contributed by atoms with van der Waals surface area (Å²) in [5.74, 6) is -0.188. The Bertz CT molecular complexity index is 1430. The first kappa shape index (κ1) is 22.5. The number of halogens is 1. The highest BCUT2D eigenvalue weighted by atomic mass is 19.1. The Balaban J connectivity index is 1.90. The SMILES string of the molecule is Cc1cc2ccccc2c(C2=c3nccc4c3=C(CC2)OCC4)c1C(OC(C)(C)CF)C(=O)O. The van der Waals surface area contributed by atoms with Gasteiger partial charge in [-0.2, -0.15) is 0 Å². The molecule has 2 aromatic carbocycles. The molecular formula is C28H28FNO4. The molecule has 1 N–H and O–H groups in total. The number of aliphatic carboxylic acids is 1. The van der Waals surface area contributed by atoms with E-state index in [2.05, 4.69) is 0 Å². The van der Waals surface area contributed by atoms with E-state index in [1.165, 1.54) is 5.56 Å². The standard InChI is InChI=1S/C28H28FNO4/c1-16-14-18-6-4-5-7-19(18)24(22(16)26(27(31)32)34-28(2,3)15-29)20-8-9-21-23-17(11-13-33-21)10-12-30-25(20)23/h4-7,10,12,14,26H,8-9,11,13,15H2,1-3H3,(H,31,32). The molecule has 0 saturated carbocycles. The molecular weight excluding hydrogens is 433 g/mol.